The smallest absolute Gasteiger partial charge is 0.199 e. The van der Waals surface area contributed by atoms with Crippen molar-refractivity contribution >= 4 is 11.6 Å². The number of likely N-dealkylation sites (tertiary alicyclic amines) is 1. The Morgan fingerprint density at radius 1 is 1.10 bits per heavy atom. The van der Waals surface area contributed by atoms with Gasteiger partial charge in [-0.3, -0.25) is 9.59 Å². The number of hydrogen-bond donors (Lipinski definition) is 0. The molecule has 1 saturated heterocycles. The molecule has 3 heteroatoms. The van der Waals surface area contributed by atoms with Crippen LogP contribution in [0.5, 0.6) is 0 Å². The average molecular weight is 141 g/mol. The molecule has 1 fully saturated rings. The first-order valence-electron chi connectivity index (χ1n) is 3.45. The molecule has 1 aliphatic rings. The number of hydrogen-bond acceptors (Lipinski definition) is 3. The molecular formula is C7H11NO2. The molecule has 10 heavy (non-hydrogen) atoms. The Labute approximate surface area is 60.0 Å². The fourth-order valence-corrected chi connectivity index (χ4v) is 0.975. The fourth-order valence-electron chi connectivity index (χ4n) is 0.975. The van der Waals surface area contributed by atoms with E-state index in [-0.39, 0.29) is 11.6 Å². The molecule has 1 rings (SSSR count). The standard InChI is InChI=1S/C7H11NO2/c1-8-4-2-6(9)7(10)3-5-8/h2-5H2,1H3. The summed E-state index contributed by atoms with van der Waals surface area (Å²) in [4.78, 5) is 23.6. The Morgan fingerprint density at radius 2 is 1.50 bits per heavy atom. The van der Waals surface area contributed by atoms with Crippen molar-refractivity contribution in [2.24, 2.45) is 0 Å². The van der Waals surface area contributed by atoms with Crippen molar-refractivity contribution in [2.75, 3.05) is 20.1 Å². The molecule has 0 unspecified atom stereocenters. The van der Waals surface area contributed by atoms with Gasteiger partial charge in [0.25, 0.3) is 0 Å². The quantitative estimate of drug-likeness (QED) is 0.440. The summed E-state index contributed by atoms with van der Waals surface area (Å²) in [5.74, 6) is -0.409. The Morgan fingerprint density at radius 3 is 1.90 bits per heavy atom. The molecule has 0 aliphatic carbocycles. The molecule has 0 atom stereocenters. The maximum Gasteiger partial charge on any atom is 0.199 e. The lowest BCUT2D eigenvalue weighted by Gasteiger charge is -2.09. The van der Waals surface area contributed by atoms with Crippen LogP contribution in [0.25, 0.3) is 0 Å². The molecule has 0 bridgehead atoms. The van der Waals surface area contributed by atoms with Crippen LogP contribution in [0.3, 0.4) is 0 Å². The summed E-state index contributed by atoms with van der Waals surface area (Å²) in [5.41, 5.74) is 0. The average Bonchev–Trinajstić information content (AvgIpc) is 2.04. The molecule has 0 saturated carbocycles. The van der Waals surface area contributed by atoms with Crippen LogP contribution in [0.2, 0.25) is 0 Å². The molecule has 1 aliphatic heterocycles. The van der Waals surface area contributed by atoms with Crippen molar-refractivity contribution in [3.05, 3.63) is 0 Å². The van der Waals surface area contributed by atoms with E-state index in [1.807, 2.05) is 11.9 Å². The lowest BCUT2D eigenvalue weighted by atomic mass is 10.2. The highest BCUT2D eigenvalue weighted by Crippen LogP contribution is 2.00. The van der Waals surface area contributed by atoms with E-state index in [1.165, 1.54) is 0 Å². The normalized spacial score (nSPS) is 22.9. The van der Waals surface area contributed by atoms with Crippen LogP contribution in [0.4, 0.5) is 0 Å². The largest absolute Gasteiger partial charge is 0.305 e. The zero-order chi connectivity index (χ0) is 7.56. The van der Waals surface area contributed by atoms with E-state index in [4.69, 9.17) is 0 Å². The molecule has 0 amide bonds. The minimum atomic E-state index is -0.204. The lowest BCUT2D eigenvalue weighted by Crippen LogP contribution is -2.18. The topological polar surface area (TPSA) is 37.4 Å². The van der Waals surface area contributed by atoms with Gasteiger partial charge in [0.2, 0.25) is 0 Å². The summed E-state index contributed by atoms with van der Waals surface area (Å²) < 4.78 is 0. The number of rotatable bonds is 0. The van der Waals surface area contributed by atoms with Crippen molar-refractivity contribution in [1.29, 1.82) is 0 Å². The third-order valence-corrected chi connectivity index (χ3v) is 1.75. The van der Waals surface area contributed by atoms with Gasteiger partial charge in [-0.15, -0.1) is 0 Å². The van der Waals surface area contributed by atoms with E-state index >= 15 is 0 Å². The third kappa shape index (κ3) is 1.64. The van der Waals surface area contributed by atoms with Gasteiger partial charge in [-0.25, -0.2) is 0 Å². The predicted molar refractivity (Wildman–Crippen MR) is 36.7 cm³/mol. The number of ketones is 2. The molecule has 56 valence electrons. The van der Waals surface area contributed by atoms with Crippen molar-refractivity contribution < 1.29 is 9.59 Å². The van der Waals surface area contributed by atoms with Crippen molar-refractivity contribution in [2.45, 2.75) is 12.8 Å². The van der Waals surface area contributed by atoms with Crippen LogP contribution in [0, 0.1) is 0 Å². The van der Waals surface area contributed by atoms with Crippen LogP contribution in [-0.4, -0.2) is 36.6 Å². The van der Waals surface area contributed by atoms with Crippen LogP contribution < -0.4 is 0 Å². The first-order valence-corrected chi connectivity index (χ1v) is 3.45. The molecule has 0 aromatic heterocycles. The van der Waals surface area contributed by atoms with Crippen molar-refractivity contribution in [3.63, 3.8) is 0 Å². The number of Topliss-reactive ketones (excluding diaryl/α,β-unsaturated/α-hetero) is 2. The lowest BCUT2D eigenvalue weighted by molar-refractivity contribution is -0.135. The Bertz CT molecular complexity index is 147. The molecule has 1 heterocycles. The fraction of sp³-hybridized carbons (Fsp3) is 0.714. The predicted octanol–water partition coefficient (Wildman–Crippen LogP) is -0.150. The maximum atomic E-state index is 10.8. The molecule has 0 aromatic carbocycles. The monoisotopic (exact) mass is 141 g/mol. The second-order valence-electron chi connectivity index (χ2n) is 2.65. The summed E-state index contributed by atoms with van der Waals surface area (Å²) in [7, 11) is 1.92. The van der Waals surface area contributed by atoms with Gasteiger partial charge in [-0.05, 0) is 7.05 Å². The number of carbonyl (C=O) groups excluding carboxylic acids is 2. The van der Waals surface area contributed by atoms with E-state index < -0.39 is 0 Å². The summed E-state index contributed by atoms with van der Waals surface area (Å²) >= 11 is 0. The van der Waals surface area contributed by atoms with E-state index in [0.717, 1.165) is 13.1 Å². The summed E-state index contributed by atoms with van der Waals surface area (Å²) in [6, 6.07) is 0. The van der Waals surface area contributed by atoms with Crippen molar-refractivity contribution in [1.82, 2.24) is 4.90 Å². The molecule has 0 N–H and O–H groups in total. The molecule has 0 spiro atoms. The Kier molecular flexibility index (Phi) is 2.17. The van der Waals surface area contributed by atoms with Gasteiger partial charge in [0.15, 0.2) is 11.6 Å². The zero-order valence-electron chi connectivity index (χ0n) is 6.09. The molecule has 3 nitrogen and oxygen atoms in total. The highest BCUT2D eigenvalue weighted by atomic mass is 16.2. The summed E-state index contributed by atoms with van der Waals surface area (Å²) in [6.07, 6.45) is 0.796. The van der Waals surface area contributed by atoms with E-state index in [1.54, 1.807) is 0 Å². The van der Waals surface area contributed by atoms with Crippen LogP contribution in [0.1, 0.15) is 12.8 Å². The Balaban J connectivity index is 2.55. The van der Waals surface area contributed by atoms with Crippen LogP contribution >= 0.6 is 0 Å². The second kappa shape index (κ2) is 2.92. The van der Waals surface area contributed by atoms with Gasteiger partial charge in [0.1, 0.15) is 0 Å². The SMILES string of the molecule is CN1CCC(=O)C(=O)CC1. The minimum Gasteiger partial charge on any atom is -0.305 e. The van der Waals surface area contributed by atoms with Gasteiger partial charge < -0.3 is 4.90 Å². The van der Waals surface area contributed by atoms with Gasteiger partial charge in [-0.1, -0.05) is 0 Å². The number of carbonyl (C=O) groups is 2. The number of nitrogens with zero attached hydrogens (tertiary/aromatic N) is 1. The van der Waals surface area contributed by atoms with Gasteiger partial charge in [0, 0.05) is 25.9 Å². The van der Waals surface area contributed by atoms with Crippen LogP contribution in [-0.2, 0) is 9.59 Å². The van der Waals surface area contributed by atoms with Gasteiger partial charge in [-0.2, -0.15) is 0 Å². The summed E-state index contributed by atoms with van der Waals surface area (Å²) in [5, 5.41) is 0. The molecular weight excluding hydrogens is 130 g/mol. The van der Waals surface area contributed by atoms with Crippen LogP contribution in [0.15, 0.2) is 0 Å². The van der Waals surface area contributed by atoms with E-state index in [2.05, 4.69) is 0 Å². The Hall–Kier alpha value is -0.700. The minimum absolute atomic E-state index is 0.204. The summed E-state index contributed by atoms with van der Waals surface area (Å²) in [6.45, 7) is 1.45. The van der Waals surface area contributed by atoms with Gasteiger partial charge in [0.05, 0.1) is 0 Å². The highest BCUT2D eigenvalue weighted by molar-refractivity contribution is 6.37. The molecule has 0 aromatic rings. The first-order chi connectivity index (χ1) is 4.70. The zero-order valence-corrected chi connectivity index (χ0v) is 6.09. The van der Waals surface area contributed by atoms with Crippen molar-refractivity contribution in [3.8, 4) is 0 Å². The maximum absolute atomic E-state index is 10.8. The molecule has 0 radical (unpaired) electrons. The van der Waals surface area contributed by atoms with Gasteiger partial charge >= 0.3 is 0 Å². The first kappa shape index (κ1) is 7.41. The highest BCUT2D eigenvalue weighted by Gasteiger charge is 2.18. The van der Waals surface area contributed by atoms with E-state index in [9.17, 15) is 9.59 Å². The second-order valence-corrected chi connectivity index (χ2v) is 2.65. The third-order valence-electron chi connectivity index (χ3n) is 1.75. The van der Waals surface area contributed by atoms with E-state index in [0.29, 0.717) is 12.8 Å².